The molecule has 1 heterocycles. The molecule has 0 saturated carbocycles. The number of carbonyl (C=O) groups is 1. The van der Waals surface area contributed by atoms with Crippen LogP contribution in [-0.4, -0.2) is 36.8 Å². The maximum atomic E-state index is 12.6. The summed E-state index contributed by atoms with van der Waals surface area (Å²) in [7, 11) is -3.66. The highest BCUT2D eigenvalue weighted by molar-refractivity contribution is 7.89. The molecule has 24 heavy (non-hydrogen) atoms. The van der Waals surface area contributed by atoms with Crippen LogP contribution in [0, 0.1) is 6.92 Å². The first-order valence-corrected chi connectivity index (χ1v) is 9.81. The van der Waals surface area contributed by atoms with E-state index in [9.17, 15) is 18.3 Å². The predicted molar refractivity (Wildman–Crippen MR) is 95.2 cm³/mol. The van der Waals surface area contributed by atoms with Gasteiger partial charge in [0.1, 0.15) is 5.75 Å². The summed E-state index contributed by atoms with van der Waals surface area (Å²) in [5.41, 5.74) is 0.893. The van der Waals surface area contributed by atoms with Gasteiger partial charge in [0.2, 0.25) is 10.0 Å². The molecule has 0 radical (unpaired) electrons. The fourth-order valence-corrected chi connectivity index (χ4v) is 4.58. The van der Waals surface area contributed by atoms with Gasteiger partial charge >= 0.3 is 0 Å². The van der Waals surface area contributed by atoms with E-state index in [0.29, 0.717) is 18.0 Å². The number of anilines is 1. The van der Waals surface area contributed by atoms with Crippen molar-refractivity contribution in [2.24, 2.45) is 0 Å². The van der Waals surface area contributed by atoms with Gasteiger partial charge in [-0.25, -0.2) is 8.42 Å². The van der Waals surface area contributed by atoms with Crippen LogP contribution >= 0.6 is 11.3 Å². The van der Waals surface area contributed by atoms with Crippen molar-refractivity contribution < 1.29 is 18.3 Å². The molecule has 2 aromatic rings. The van der Waals surface area contributed by atoms with Crippen molar-refractivity contribution in [3.63, 3.8) is 0 Å². The topological polar surface area (TPSA) is 86.7 Å². The highest BCUT2D eigenvalue weighted by Crippen LogP contribution is 2.29. The van der Waals surface area contributed by atoms with Crippen LogP contribution in [0.1, 0.15) is 29.1 Å². The molecular weight excluding hydrogens is 348 g/mol. The van der Waals surface area contributed by atoms with Crippen molar-refractivity contribution in [2.75, 3.05) is 18.4 Å². The number of hydrogen-bond donors (Lipinski definition) is 2. The third-order valence-electron chi connectivity index (χ3n) is 3.63. The normalized spacial score (nSPS) is 11.7. The average Bonchev–Trinajstić information content (AvgIpc) is 2.96. The number of sulfonamides is 1. The molecule has 0 fully saturated rings. The highest BCUT2D eigenvalue weighted by Gasteiger charge is 2.23. The second-order valence-electron chi connectivity index (χ2n) is 5.16. The lowest BCUT2D eigenvalue weighted by atomic mass is 10.2. The van der Waals surface area contributed by atoms with Crippen molar-refractivity contribution in [1.29, 1.82) is 0 Å². The Morgan fingerprint density at radius 2 is 1.92 bits per heavy atom. The predicted octanol–water partition coefficient (Wildman–Crippen LogP) is 3.04. The van der Waals surface area contributed by atoms with E-state index in [-0.39, 0.29) is 22.2 Å². The Balaban J connectivity index is 2.36. The van der Waals surface area contributed by atoms with E-state index < -0.39 is 10.0 Å². The third-order valence-corrected chi connectivity index (χ3v) is 6.69. The largest absolute Gasteiger partial charge is 0.506 e. The summed E-state index contributed by atoms with van der Waals surface area (Å²) in [5, 5.41) is 14.3. The number of aromatic hydroxyl groups is 1. The standard InChI is InChI=1S/C16H20N2O4S2/c1-4-18(5-2)24(21,22)12-6-7-14(19)13(10-12)17-16(20)15-11(3)8-9-23-15/h6-10,19H,4-5H2,1-3H3,(H,17,20). The minimum Gasteiger partial charge on any atom is -0.506 e. The van der Waals surface area contributed by atoms with E-state index in [0.717, 1.165) is 5.56 Å². The van der Waals surface area contributed by atoms with E-state index in [1.54, 1.807) is 19.2 Å². The van der Waals surface area contributed by atoms with Crippen LogP contribution in [0.4, 0.5) is 5.69 Å². The van der Waals surface area contributed by atoms with Gasteiger partial charge in [-0.1, -0.05) is 13.8 Å². The van der Waals surface area contributed by atoms with Gasteiger partial charge in [-0.2, -0.15) is 4.31 Å². The number of nitrogens with one attached hydrogen (secondary N) is 1. The van der Waals surface area contributed by atoms with Crippen molar-refractivity contribution in [1.82, 2.24) is 4.31 Å². The minimum absolute atomic E-state index is 0.0298. The Morgan fingerprint density at radius 1 is 1.25 bits per heavy atom. The summed E-state index contributed by atoms with van der Waals surface area (Å²) < 4.78 is 26.4. The number of benzene rings is 1. The van der Waals surface area contributed by atoms with Gasteiger partial charge < -0.3 is 10.4 Å². The first kappa shape index (κ1) is 18.4. The number of nitrogens with zero attached hydrogens (tertiary/aromatic N) is 1. The number of rotatable bonds is 6. The van der Waals surface area contributed by atoms with Gasteiger partial charge in [0.05, 0.1) is 15.5 Å². The fourth-order valence-electron chi connectivity index (χ4n) is 2.27. The molecule has 6 nitrogen and oxygen atoms in total. The van der Waals surface area contributed by atoms with Crippen LogP contribution in [0.2, 0.25) is 0 Å². The Hall–Kier alpha value is -1.90. The summed E-state index contributed by atoms with van der Waals surface area (Å²) in [6.07, 6.45) is 0. The van der Waals surface area contributed by atoms with E-state index in [2.05, 4.69) is 5.32 Å². The van der Waals surface area contributed by atoms with Gasteiger partial charge in [-0.15, -0.1) is 11.3 Å². The zero-order valence-corrected chi connectivity index (χ0v) is 15.4. The summed E-state index contributed by atoms with van der Waals surface area (Å²) >= 11 is 1.28. The Morgan fingerprint density at radius 3 is 2.46 bits per heavy atom. The first-order chi connectivity index (χ1) is 11.3. The zero-order chi connectivity index (χ0) is 17.9. The second kappa shape index (κ2) is 7.33. The third kappa shape index (κ3) is 3.61. The molecular formula is C16H20N2O4S2. The van der Waals surface area contributed by atoms with Crippen LogP contribution in [0.5, 0.6) is 5.75 Å². The monoisotopic (exact) mass is 368 g/mol. The molecule has 1 amide bonds. The van der Waals surface area contributed by atoms with Crippen LogP contribution in [0.25, 0.3) is 0 Å². The zero-order valence-electron chi connectivity index (χ0n) is 13.7. The van der Waals surface area contributed by atoms with Crippen LogP contribution < -0.4 is 5.32 Å². The van der Waals surface area contributed by atoms with Crippen molar-refractivity contribution in [3.8, 4) is 5.75 Å². The summed E-state index contributed by atoms with van der Waals surface area (Å²) in [4.78, 5) is 12.8. The SMILES string of the molecule is CCN(CC)S(=O)(=O)c1ccc(O)c(NC(=O)c2sccc2C)c1. The molecule has 0 saturated heterocycles. The highest BCUT2D eigenvalue weighted by atomic mass is 32.2. The van der Waals surface area contributed by atoms with Gasteiger partial charge in [0.15, 0.2) is 0 Å². The Kier molecular flexibility index (Phi) is 5.63. The molecule has 2 rings (SSSR count). The number of hydrogen-bond acceptors (Lipinski definition) is 5. The second-order valence-corrected chi connectivity index (χ2v) is 8.01. The maximum absolute atomic E-state index is 12.6. The summed E-state index contributed by atoms with van der Waals surface area (Å²) in [5.74, 6) is -0.564. The van der Waals surface area contributed by atoms with Crippen LogP contribution in [0.15, 0.2) is 34.5 Å². The molecule has 0 aliphatic carbocycles. The number of thiophene rings is 1. The van der Waals surface area contributed by atoms with Gasteiger partial charge in [0, 0.05) is 13.1 Å². The summed E-state index contributed by atoms with van der Waals surface area (Å²) in [6.45, 7) is 6.01. The van der Waals surface area contributed by atoms with Crippen LogP contribution in [0.3, 0.4) is 0 Å². The molecule has 0 aliphatic rings. The number of aryl methyl sites for hydroxylation is 1. The van der Waals surface area contributed by atoms with E-state index in [1.165, 1.54) is 33.8 Å². The summed E-state index contributed by atoms with van der Waals surface area (Å²) in [6, 6.07) is 5.70. The molecule has 1 aromatic carbocycles. The van der Waals surface area contributed by atoms with Crippen molar-refractivity contribution in [3.05, 3.63) is 40.1 Å². The molecule has 0 bridgehead atoms. The quantitative estimate of drug-likeness (QED) is 0.767. The maximum Gasteiger partial charge on any atom is 0.266 e. The Labute approximate surface area is 145 Å². The van der Waals surface area contributed by atoms with Crippen LogP contribution in [-0.2, 0) is 10.0 Å². The lowest BCUT2D eigenvalue weighted by Gasteiger charge is -2.19. The van der Waals surface area contributed by atoms with Crippen molar-refractivity contribution in [2.45, 2.75) is 25.7 Å². The van der Waals surface area contributed by atoms with Gasteiger partial charge in [-0.05, 0) is 42.1 Å². The molecule has 8 heteroatoms. The van der Waals surface area contributed by atoms with E-state index in [4.69, 9.17) is 0 Å². The fraction of sp³-hybridized carbons (Fsp3) is 0.312. The lowest BCUT2D eigenvalue weighted by Crippen LogP contribution is -2.30. The smallest absolute Gasteiger partial charge is 0.266 e. The number of carbonyl (C=O) groups excluding carboxylic acids is 1. The van der Waals surface area contributed by atoms with Crippen molar-refractivity contribution >= 4 is 33.0 Å². The van der Waals surface area contributed by atoms with Gasteiger partial charge in [-0.3, -0.25) is 4.79 Å². The molecule has 0 spiro atoms. The number of phenolic OH excluding ortho intramolecular Hbond substituents is 1. The molecule has 1 aromatic heterocycles. The molecule has 0 aliphatic heterocycles. The van der Waals surface area contributed by atoms with Gasteiger partial charge in [0.25, 0.3) is 5.91 Å². The molecule has 130 valence electrons. The molecule has 0 unspecified atom stereocenters. The lowest BCUT2D eigenvalue weighted by molar-refractivity contribution is 0.102. The van der Waals surface area contributed by atoms with E-state index >= 15 is 0 Å². The molecule has 0 atom stereocenters. The van der Waals surface area contributed by atoms with E-state index in [1.807, 2.05) is 13.0 Å². The molecule has 2 N–H and O–H groups in total. The first-order valence-electron chi connectivity index (χ1n) is 7.49. The average molecular weight is 368 g/mol. The number of amides is 1. The Bertz CT molecular complexity index is 840. The number of phenols is 1. The minimum atomic E-state index is -3.66.